The van der Waals surface area contributed by atoms with Gasteiger partial charge >= 0.3 is 5.97 Å². The maximum atomic E-state index is 11.0. The van der Waals surface area contributed by atoms with Crippen LogP contribution in [0.15, 0.2) is 12.2 Å². The quantitative estimate of drug-likeness (QED) is 0.540. The van der Waals surface area contributed by atoms with Crippen LogP contribution >= 0.6 is 11.8 Å². The molecule has 1 saturated heterocycles. The first kappa shape index (κ1) is 12.6. The summed E-state index contributed by atoms with van der Waals surface area (Å²) in [5, 5.41) is 0. The number of thioether (sulfide) groups is 1. The smallest absolute Gasteiger partial charge is 0.330 e. The van der Waals surface area contributed by atoms with E-state index in [0.717, 1.165) is 19.6 Å². The summed E-state index contributed by atoms with van der Waals surface area (Å²) >= 11 is 2.01. The van der Waals surface area contributed by atoms with Crippen LogP contribution in [0.2, 0.25) is 0 Å². The Morgan fingerprint density at radius 3 is 3.13 bits per heavy atom. The molecule has 0 aliphatic carbocycles. The van der Waals surface area contributed by atoms with E-state index in [-0.39, 0.29) is 5.97 Å². The third-order valence-corrected chi connectivity index (χ3v) is 3.27. The number of nitrogens with zero attached hydrogens (tertiary/aromatic N) is 1. The third-order valence-electron chi connectivity index (χ3n) is 2.22. The van der Waals surface area contributed by atoms with Crippen LogP contribution in [0, 0.1) is 0 Å². The van der Waals surface area contributed by atoms with Crippen LogP contribution in [0.25, 0.3) is 0 Å². The monoisotopic (exact) mass is 229 g/mol. The van der Waals surface area contributed by atoms with Gasteiger partial charge in [-0.1, -0.05) is 6.08 Å². The van der Waals surface area contributed by atoms with E-state index in [1.165, 1.54) is 24.0 Å². The number of hydrogen-bond acceptors (Lipinski definition) is 4. The van der Waals surface area contributed by atoms with Gasteiger partial charge in [0, 0.05) is 24.9 Å². The first-order chi connectivity index (χ1) is 7.33. The predicted octanol–water partition coefficient (Wildman–Crippen LogP) is 1.54. The maximum Gasteiger partial charge on any atom is 0.330 e. The Morgan fingerprint density at radius 2 is 2.33 bits per heavy atom. The zero-order valence-electron chi connectivity index (χ0n) is 9.28. The standard InChI is InChI=1S/C11H19NO2S/c1-2-14-11(13)5-3-6-12-7-4-9-15-10-8-12/h3,5H,2,4,6-10H2,1H3/b5-3+. The van der Waals surface area contributed by atoms with Crippen molar-refractivity contribution < 1.29 is 9.53 Å². The molecule has 4 heteroatoms. The molecule has 15 heavy (non-hydrogen) atoms. The Balaban J connectivity index is 2.19. The summed E-state index contributed by atoms with van der Waals surface area (Å²) in [6.45, 7) is 5.39. The Morgan fingerprint density at radius 1 is 1.47 bits per heavy atom. The fraction of sp³-hybridized carbons (Fsp3) is 0.727. The molecule has 0 aromatic rings. The molecular weight excluding hydrogens is 210 g/mol. The van der Waals surface area contributed by atoms with E-state index in [2.05, 4.69) is 4.90 Å². The van der Waals surface area contributed by atoms with E-state index < -0.39 is 0 Å². The second kappa shape index (κ2) is 7.77. The van der Waals surface area contributed by atoms with Crippen molar-refractivity contribution >= 4 is 17.7 Å². The van der Waals surface area contributed by atoms with Crippen molar-refractivity contribution in [2.24, 2.45) is 0 Å². The Hall–Kier alpha value is -0.480. The van der Waals surface area contributed by atoms with Crippen LogP contribution in [0.4, 0.5) is 0 Å². The minimum absolute atomic E-state index is 0.235. The van der Waals surface area contributed by atoms with Crippen LogP contribution in [-0.2, 0) is 9.53 Å². The molecule has 86 valence electrons. The summed E-state index contributed by atoms with van der Waals surface area (Å²) in [5.74, 6) is 2.23. The van der Waals surface area contributed by atoms with Gasteiger partial charge in [-0.2, -0.15) is 11.8 Å². The summed E-state index contributed by atoms with van der Waals surface area (Å²) in [7, 11) is 0. The van der Waals surface area contributed by atoms with Crippen molar-refractivity contribution in [2.45, 2.75) is 13.3 Å². The molecule has 0 amide bonds. The summed E-state index contributed by atoms with van der Waals surface area (Å²) in [6, 6.07) is 0. The molecule has 1 aliphatic heterocycles. The van der Waals surface area contributed by atoms with Crippen molar-refractivity contribution in [1.29, 1.82) is 0 Å². The minimum Gasteiger partial charge on any atom is -0.463 e. The number of carbonyl (C=O) groups is 1. The topological polar surface area (TPSA) is 29.5 Å². The van der Waals surface area contributed by atoms with Crippen LogP contribution < -0.4 is 0 Å². The summed E-state index contributed by atoms with van der Waals surface area (Å²) in [6.07, 6.45) is 4.67. The van der Waals surface area contributed by atoms with Gasteiger partial charge in [0.05, 0.1) is 6.61 Å². The lowest BCUT2D eigenvalue weighted by Crippen LogP contribution is -2.26. The third kappa shape index (κ3) is 5.85. The summed E-state index contributed by atoms with van der Waals surface area (Å²) < 4.78 is 4.81. The SMILES string of the molecule is CCOC(=O)/C=C/CN1CCCSCC1. The van der Waals surface area contributed by atoms with E-state index >= 15 is 0 Å². The number of carbonyl (C=O) groups excluding carboxylic acids is 1. The Bertz CT molecular complexity index is 211. The van der Waals surface area contributed by atoms with Gasteiger partial charge in [0.15, 0.2) is 0 Å². The van der Waals surface area contributed by atoms with Crippen molar-refractivity contribution in [3.63, 3.8) is 0 Å². The van der Waals surface area contributed by atoms with E-state index in [1.54, 1.807) is 0 Å². The number of esters is 1. The fourth-order valence-corrected chi connectivity index (χ4v) is 2.39. The number of hydrogen-bond donors (Lipinski definition) is 0. The van der Waals surface area contributed by atoms with Gasteiger partial charge in [-0.25, -0.2) is 4.79 Å². The van der Waals surface area contributed by atoms with Gasteiger partial charge in [-0.3, -0.25) is 4.90 Å². The highest BCUT2D eigenvalue weighted by Crippen LogP contribution is 2.09. The zero-order chi connectivity index (χ0) is 10.9. The molecule has 0 N–H and O–H groups in total. The molecule has 0 aromatic heterocycles. The van der Waals surface area contributed by atoms with E-state index in [9.17, 15) is 4.79 Å². The molecular formula is C11H19NO2S. The molecule has 0 radical (unpaired) electrons. The van der Waals surface area contributed by atoms with Crippen molar-refractivity contribution in [2.75, 3.05) is 37.7 Å². The van der Waals surface area contributed by atoms with Crippen molar-refractivity contribution in [3.8, 4) is 0 Å². The van der Waals surface area contributed by atoms with Gasteiger partial charge in [-0.15, -0.1) is 0 Å². The van der Waals surface area contributed by atoms with Gasteiger partial charge in [0.25, 0.3) is 0 Å². The van der Waals surface area contributed by atoms with Crippen LogP contribution in [0.3, 0.4) is 0 Å². The molecule has 0 unspecified atom stereocenters. The molecule has 0 spiro atoms. The molecule has 0 aromatic carbocycles. The highest BCUT2D eigenvalue weighted by Gasteiger charge is 2.06. The van der Waals surface area contributed by atoms with Crippen molar-refractivity contribution in [3.05, 3.63) is 12.2 Å². The highest BCUT2D eigenvalue weighted by molar-refractivity contribution is 7.99. The van der Waals surface area contributed by atoms with Gasteiger partial charge in [0.2, 0.25) is 0 Å². The second-order valence-corrected chi connectivity index (χ2v) is 4.65. The summed E-state index contributed by atoms with van der Waals surface area (Å²) in [4.78, 5) is 13.4. The average molecular weight is 229 g/mol. The van der Waals surface area contributed by atoms with Gasteiger partial charge < -0.3 is 4.74 Å². The molecule has 1 aliphatic rings. The number of rotatable bonds is 4. The average Bonchev–Trinajstić information content (AvgIpc) is 2.47. The Labute approximate surface area is 95.9 Å². The predicted molar refractivity (Wildman–Crippen MR) is 64.2 cm³/mol. The molecule has 1 fully saturated rings. The van der Waals surface area contributed by atoms with Gasteiger partial charge in [-0.05, 0) is 25.6 Å². The minimum atomic E-state index is -0.235. The number of ether oxygens (including phenoxy) is 1. The molecule has 3 nitrogen and oxygen atoms in total. The molecule has 0 bridgehead atoms. The molecule has 0 atom stereocenters. The van der Waals surface area contributed by atoms with E-state index in [0.29, 0.717) is 6.61 Å². The lowest BCUT2D eigenvalue weighted by molar-refractivity contribution is -0.137. The van der Waals surface area contributed by atoms with Crippen LogP contribution in [-0.4, -0.2) is 48.6 Å². The van der Waals surface area contributed by atoms with Crippen LogP contribution in [0.5, 0.6) is 0 Å². The maximum absolute atomic E-state index is 11.0. The summed E-state index contributed by atoms with van der Waals surface area (Å²) in [5.41, 5.74) is 0. The normalized spacial score (nSPS) is 19.0. The van der Waals surface area contributed by atoms with Gasteiger partial charge in [0.1, 0.15) is 0 Å². The van der Waals surface area contributed by atoms with Crippen LogP contribution in [0.1, 0.15) is 13.3 Å². The Kier molecular flexibility index (Phi) is 6.52. The molecule has 1 heterocycles. The second-order valence-electron chi connectivity index (χ2n) is 3.42. The molecule has 1 rings (SSSR count). The molecule has 0 saturated carbocycles. The first-order valence-electron chi connectivity index (χ1n) is 5.46. The lowest BCUT2D eigenvalue weighted by Gasteiger charge is -2.16. The van der Waals surface area contributed by atoms with Crippen molar-refractivity contribution in [1.82, 2.24) is 4.90 Å². The highest BCUT2D eigenvalue weighted by atomic mass is 32.2. The van der Waals surface area contributed by atoms with E-state index in [1.807, 2.05) is 24.8 Å². The van der Waals surface area contributed by atoms with E-state index in [4.69, 9.17) is 4.74 Å². The first-order valence-corrected chi connectivity index (χ1v) is 6.62. The zero-order valence-corrected chi connectivity index (χ0v) is 10.1. The lowest BCUT2D eigenvalue weighted by atomic mass is 10.4. The fourth-order valence-electron chi connectivity index (χ4n) is 1.47. The largest absolute Gasteiger partial charge is 0.463 e.